The van der Waals surface area contributed by atoms with E-state index in [1.807, 2.05) is 37.3 Å². The Morgan fingerprint density at radius 3 is 2.64 bits per heavy atom. The van der Waals surface area contributed by atoms with Gasteiger partial charge in [0.15, 0.2) is 0 Å². The maximum Gasteiger partial charge on any atom is 0.254 e. The van der Waals surface area contributed by atoms with Crippen molar-refractivity contribution in [3.05, 3.63) is 76.9 Å². The van der Waals surface area contributed by atoms with Crippen molar-refractivity contribution in [2.24, 2.45) is 0 Å². The van der Waals surface area contributed by atoms with E-state index in [2.05, 4.69) is 10.3 Å². The Hall–Kier alpha value is -2.95. The summed E-state index contributed by atoms with van der Waals surface area (Å²) in [4.78, 5) is 16.6. The van der Waals surface area contributed by atoms with Crippen LogP contribution in [0.1, 0.15) is 27.4 Å². The first-order valence-electron chi connectivity index (χ1n) is 8.11. The Bertz CT molecular complexity index is 888. The number of amides is 1. The zero-order chi connectivity index (χ0) is 17.8. The van der Waals surface area contributed by atoms with Crippen molar-refractivity contribution in [3.63, 3.8) is 0 Å². The van der Waals surface area contributed by atoms with Crippen LogP contribution in [-0.2, 0) is 6.42 Å². The number of oxazole rings is 1. The second kappa shape index (κ2) is 7.30. The molecule has 0 fully saturated rings. The van der Waals surface area contributed by atoms with Gasteiger partial charge in [-0.1, -0.05) is 30.3 Å². The lowest BCUT2D eigenvalue weighted by Gasteiger charge is -2.06. The Kier molecular flexibility index (Phi) is 4.93. The fourth-order valence-electron chi connectivity index (χ4n) is 2.58. The molecule has 0 unspecified atom stereocenters. The maximum absolute atomic E-state index is 14.0. The summed E-state index contributed by atoms with van der Waals surface area (Å²) in [6.45, 7) is 3.83. The first-order valence-corrected chi connectivity index (χ1v) is 8.11. The standard InChI is InChI=1S/C20H19FN2O2/c1-13-7-6-10-16(18(13)21)19(24)22-12-11-17-14(2)25-20(23-17)15-8-4-3-5-9-15/h3-10H,11-12H2,1-2H3,(H,22,24). The van der Waals surface area contributed by atoms with E-state index in [1.165, 1.54) is 6.07 Å². The third kappa shape index (κ3) is 3.76. The SMILES string of the molecule is Cc1cccc(C(=O)NCCc2nc(-c3ccccc3)oc2C)c1F. The fourth-order valence-corrected chi connectivity index (χ4v) is 2.58. The highest BCUT2D eigenvalue weighted by Crippen LogP contribution is 2.21. The third-order valence-electron chi connectivity index (χ3n) is 4.00. The minimum Gasteiger partial charge on any atom is -0.441 e. The van der Waals surface area contributed by atoms with Gasteiger partial charge in [0.2, 0.25) is 5.89 Å². The quantitative estimate of drug-likeness (QED) is 0.763. The monoisotopic (exact) mass is 338 g/mol. The molecule has 0 aliphatic rings. The highest BCUT2D eigenvalue weighted by Gasteiger charge is 2.14. The molecule has 1 N–H and O–H groups in total. The molecular formula is C20H19FN2O2. The van der Waals surface area contributed by atoms with Gasteiger partial charge in [0, 0.05) is 18.5 Å². The fraction of sp³-hybridized carbons (Fsp3) is 0.200. The summed E-state index contributed by atoms with van der Waals surface area (Å²) in [5.41, 5.74) is 2.20. The molecule has 0 bridgehead atoms. The molecule has 0 aliphatic heterocycles. The van der Waals surface area contributed by atoms with Crippen molar-refractivity contribution < 1.29 is 13.6 Å². The molecule has 0 saturated heterocycles. The molecule has 2 aromatic carbocycles. The number of aromatic nitrogens is 1. The van der Waals surface area contributed by atoms with Gasteiger partial charge >= 0.3 is 0 Å². The number of nitrogens with one attached hydrogen (secondary N) is 1. The number of rotatable bonds is 5. The van der Waals surface area contributed by atoms with Gasteiger partial charge in [-0.3, -0.25) is 4.79 Å². The van der Waals surface area contributed by atoms with Crippen molar-refractivity contribution in [2.75, 3.05) is 6.54 Å². The average Bonchev–Trinajstić information content (AvgIpc) is 2.99. The molecule has 3 rings (SSSR count). The maximum atomic E-state index is 14.0. The van der Waals surface area contributed by atoms with Gasteiger partial charge in [-0.15, -0.1) is 0 Å². The van der Waals surface area contributed by atoms with Gasteiger partial charge in [-0.05, 0) is 37.6 Å². The van der Waals surface area contributed by atoms with E-state index < -0.39 is 11.7 Å². The van der Waals surface area contributed by atoms with Crippen LogP contribution in [0.2, 0.25) is 0 Å². The molecule has 1 aromatic heterocycles. The molecule has 5 heteroatoms. The van der Waals surface area contributed by atoms with Crippen LogP contribution in [0.5, 0.6) is 0 Å². The Morgan fingerprint density at radius 1 is 1.12 bits per heavy atom. The molecule has 0 saturated carbocycles. The lowest BCUT2D eigenvalue weighted by Crippen LogP contribution is -2.27. The normalized spacial score (nSPS) is 10.7. The second-order valence-corrected chi connectivity index (χ2v) is 5.83. The summed E-state index contributed by atoms with van der Waals surface area (Å²) >= 11 is 0. The minimum absolute atomic E-state index is 0.0573. The number of aryl methyl sites for hydroxylation is 2. The summed E-state index contributed by atoms with van der Waals surface area (Å²) in [5, 5.41) is 2.73. The van der Waals surface area contributed by atoms with Crippen molar-refractivity contribution in [3.8, 4) is 11.5 Å². The molecular weight excluding hydrogens is 319 g/mol. The van der Waals surface area contributed by atoms with Crippen LogP contribution in [0.3, 0.4) is 0 Å². The first-order chi connectivity index (χ1) is 12.1. The zero-order valence-corrected chi connectivity index (χ0v) is 14.2. The number of hydrogen-bond acceptors (Lipinski definition) is 3. The summed E-state index contributed by atoms with van der Waals surface area (Å²) < 4.78 is 19.7. The van der Waals surface area contributed by atoms with E-state index in [0.717, 1.165) is 17.0 Å². The molecule has 1 heterocycles. The highest BCUT2D eigenvalue weighted by molar-refractivity contribution is 5.94. The third-order valence-corrected chi connectivity index (χ3v) is 4.00. The number of benzene rings is 2. The van der Waals surface area contributed by atoms with Gasteiger partial charge in [0.1, 0.15) is 11.6 Å². The number of halogens is 1. The predicted molar refractivity (Wildman–Crippen MR) is 93.9 cm³/mol. The highest BCUT2D eigenvalue weighted by atomic mass is 19.1. The summed E-state index contributed by atoms with van der Waals surface area (Å²) in [5.74, 6) is 0.369. The number of nitrogens with zero attached hydrogens (tertiary/aromatic N) is 1. The number of carbonyl (C=O) groups is 1. The van der Waals surface area contributed by atoms with Gasteiger partial charge in [0.05, 0.1) is 11.3 Å². The molecule has 0 spiro atoms. The van der Waals surface area contributed by atoms with E-state index >= 15 is 0 Å². The molecule has 4 nitrogen and oxygen atoms in total. The van der Waals surface area contributed by atoms with E-state index in [4.69, 9.17) is 4.42 Å². The van der Waals surface area contributed by atoms with Crippen molar-refractivity contribution in [1.29, 1.82) is 0 Å². The lowest BCUT2D eigenvalue weighted by molar-refractivity contribution is 0.0950. The second-order valence-electron chi connectivity index (χ2n) is 5.83. The molecule has 25 heavy (non-hydrogen) atoms. The van der Waals surface area contributed by atoms with Gasteiger partial charge in [0.25, 0.3) is 5.91 Å². The van der Waals surface area contributed by atoms with Crippen molar-refractivity contribution in [1.82, 2.24) is 10.3 Å². The lowest BCUT2D eigenvalue weighted by atomic mass is 10.1. The van der Waals surface area contributed by atoms with Crippen molar-refractivity contribution in [2.45, 2.75) is 20.3 Å². The minimum atomic E-state index is -0.482. The Balaban J connectivity index is 1.64. The van der Waals surface area contributed by atoms with E-state index in [-0.39, 0.29) is 5.56 Å². The zero-order valence-electron chi connectivity index (χ0n) is 14.2. The first kappa shape index (κ1) is 16.9. The van der Waals surface area contributed by atoms with E-state index in [0.29, 0.717) is 24.4 Å². The van der Waals surface area contributed by atoms with E-state index in [1.54, 1.807) is 19.1 Å². The largest absolute Gasteiger partial charge is 0.441 e. The number of carbonyl (C=O) groups excluding carboxylic acids is 1. The molecule has 3 aromatic rings. The Morgan fingerprint density at radius 2 is 1.88 bits per heavy atom. The van der Waals surface area contributed by atoms with Gasteiger partial charge < -0.3 is 9.73 Å². The Labute approximate surface area is 145 Å². The van der Waals surface area contributed by atoms with Gasteiger partial charge in [-0.25, -0.2) is 9.37 Å². The summed E-state index contributed by atoms with van der Waals surface area (Å²) in [6, 6.07) is 14.4. The van der Waals surface area contributed by atoms with Crippen LogP contribution in [0.15, 0.2) is 52.9 Å². The molecule has 0 radical (unpaired) electrons. The molecule has 0 atom stereocenters. The topological polar surface area (TPSA) is 55.1 Å². The molecule has 128 valence electrons. The van der Waals surface area contributed by atoms with Crippen molar-refractivity contribution >= 4 is 5.91 Å². The van der Waals surface area contributed by atoms with Crippen LogP contribution >= 0.6 is 0 Å². The molecule has 0 aliphatic carbocycles. The smallest absolute Gasteiger partial charge is 0.254 e. The predicted octanol–water partition coefficient (Wildman–Crippen LogP) is 4.07. The summed E-state index contributed by atoms with van der Waals surface area (Å²) in [6.07, 6.45) is 0.515. The van der Waals surface area contributed by atoms with Gasteiger partial charge in [-0.2, -0.15) is 0 Å². The van der Waals surface area contributed by atoms with Crippen LogP contribution in [0, 0.1) is 19.7 Å². The average molecular weight is 338 g/mol. The molecule has 1 amide bonds. The summed E-state index contributed by atoms with van der Waals surface area (Å²) in [7, 11) is 0. The van der Waals surface area contributed by atoms with E-state index in [9.17, 15) is 9.18 Å². The van der Waals surface area contributed by atoms with Crippen LogP contribution in [0.25, 0.3) is 11.5 Å². The van der Waals surface area contributed by atoms with Crippen LogP contribution in [-0.4, -0.2) is 17.4 Å². The number of hydrogen-bond donors (Lipinski definition) is 1. The van der Waals surface area contributed by atoms with Crippen LogP contribution < -0.4 is 5.32 Å². The van der Waals surface area contributed by atoms with Crippen LogP contribution in [0.4, 0.5) is 4.39 Å².